The Morgan fingerprint density at radius 2 is 1.77 bits per heavy atom. The first-order valence-corrected chi connectivity index (χ1v) is 9.88. The summed E-state index contributed by atoms with van der Waals surface area (Å²) in [6, 6.07) is 14.4. The van der Waals surface area contributed by atoms with Crippen molar-refractivity contribution in [3.63, 3.8) is 0 Å². The van der Waals surface area contributed by atoms with E-state index in [1.165, 1.54) is 18.5 Å². The molecule has 6 heteroatoms. The third-order valence-electron chi connectivity index (χ3n) is 4.69. The second kappa shape index (κ2) is 7.33. The van der Waals surface area contributed by atoms with E-state index >= 15 is 0 Å². The number of aryl methyl sites for hydroxylation is 1. The summed E-state index contributed by atoms with van der Waals surface area (Å²) in [6.45, 7) is 2.22. The summed E-state index contributed by atoms with van der Waals surface area (Å²) in [6.07, 6.45) is 4.34. The topological polar surface area (TPSA) is 33.1 Å². The van der Waals surface area contributed by atoms with Crippen LogP contribution in [-0.4, -0.2) is 22.9 Å². The predicted molar refractivity (Wildman–Crippen MR) is 113 cm³/mol. The van der Waals surface area contributed by atoms with Crippen molar-refractivity contribution in [3.8, 4) is 11.3 Å². The van der Waals surface area contributed by atoms with Gasteiger partial charge in [0, 0.05) is 47.8 Å². The summed E-state index contributed by atoms with van der Waals surface area (Å²) < 4.78 is 2.90. The van der Waals surface area contributed by atoms with Crippen LogP contribution in [0.4, 0.5) is 17.1 Å². The predicted octanol–water partition coefficient (Wildman–Crippen LogP) is 5.85. The molecule has 1 saturated heterocycles. The van der Waals surface area contributed by atoms with Gasteiger partial charge in [0.2, 0.25) is 0 Å². The maximum absolute atomic E-state index is 6.00. The minimum absolute atomic E-state index is 0.737. The van der Waals surface area contributed by atoms with E-state index in [2.05, 4.69) is 49.4 Å². The van der Waals surface area contributed by atoms with Crippen molar-refractivity contribution in [2.45, 2.75) is 12.8 Å². The van der Waals surface area contributed by atoms with Crippen LogP contribution in [0.5, 0.6) is 0 Å². The molecular weight excluding hydrogens is 412 g/mol. The molecule has 4 rings (SSSR count). The fraction of sp³-hybridized carbons (Fsp3) is 0.250. The standard InChI is InChI=1S/C20H20BrClN4/c1-25-20(19(21)13-23-25)14-10-17(24-16-6-4-15(22)5-7-16)12-18(11-14)26-8-2-3-9-26/h4-7,10-13,24H,2-3,8-9H2,1H3. The molecule has 0 aliphatic carbocycles. The zero-order chi connectivity index (χ0) is 18.1. The first kappa shape index (κ1) is 17.4. The van der Waals surface area contributed by atoms with E-state index in [9.17, 15) is 0 Å². The minimum Gasteiger partial charge on any atom is -0.371 e. The van der Waals surface area contributed by atoms with E-state index < -0.39 is 0 Å². The van der Waals surface area contributed by atoms with Gasteiger partial charge in [-0.1, -0.05) is 11.6 Å². The molecule has 0 radical (unpaired) electrons. The molecule has 2 heterocycles. The van der Waals surface area contributed by atoms with Gasteiger partial charge in [-0.05, 0) is 71.2 Å². The summed E-state index contributed by atoms with van der Waals surface area (Å²) in [5, 5.41) is 8.61. The van der Waals surface area contributed by atoms with Gasteiger partial charge in [-0.25, -0.2) is 0 Å². The van der Waals surface area contributed by atoms with E-state index in [0.29, 0.717) is 0 Å². The van der Waals surface area contributed by atoms with Crippen molar-refractivity contribution in [2.24, 2.45) is 7.05 Å². The van der Waals surface area contributed by atoms with Gasteiger partial charge in [0.15, 0.2) is 0 Å². The van der Waals surface area contributed by atoms with Crippen LogP contribution in [0.1, 0.15) is 12.8 Å². The average Bonchev–Trinajstić information content (AvgIpc) is 3.27. The molecule has 0 bridgehead atoms. The van der Waals surface area contributed by atoms with Crippen LogP contribution in [0.15, 0.2) is 53.1 Å². The fourth-order valence-electron chi connectivity index (χ4n) is 3.41. The third kappa shape index (κ3) is 3.60. The molecule has 4 nitrogen and oxygen atoms in total. The Bertz CT molecular complexity index is 895. The van der Waals surface area contributed by atoms with Gasteiger partial charge >= 0.3 is 0 Å². The first-order chi connectivity index (χ1) is 12.6. The van der Waals surface area contributed by atoms with Crippen LogP contribution in [0, 0.1) is 0 Å². The van der Waals surface area contributed by atoms with Gasteiger partial charge in [-0.3, -0.25) is 4.68 Å². The largest absolute Gasteiger partial charge is 0.371 e. The lowest BCUT2D eigenvalue weighted by molar-refractivity contribution is 0.775. The number of rotatable bonds is 4. The maximum atomic E-state index is 6.00. The van der Waals surface area contributed by atoms with E-state index in [-0.39, 0.29) is 0 Å². The summed E-state index contributed by atoms with van der Waals surface area (Å²) in [4.78, 5) is 2.45. The third-order valence-corrected chi connectivity index (χ3v) is 5.52. The van der Waals surface area contributed by atoms with Crippen molar-refractivity contribution in [2.75, 3.05) is 23.3 Å². The monoisotopic (exact) mass is 430 g/mol. The van der Waals surface area contributed by atoms with Gasteiger partial charge in [0.1, 0.15) is 0 Å². The normalized spacial score (nSPS) is 14.0. The second-order valence-electron chi connectivity index (χ2n) is 6.56. The highest BCUT2D eigenvalue weighted by Gasteiger charge is 2.17. The molecule has 0 atom stereocenters. The highest BCUT2D eigenvalue weighted by Crippen LogP contribution is 2.35. The van der Waals surface area contributed by atoms with E-state index in [1.54, 1.807) is 0 Å². The lowest BCUT2D eigenvalue weighted by Crippen LogP contribution is -2.17. The van der Waals surface area contributed by atoms with E-state index in [0.717, 1.165) is 45.2 Å². The number of hydrogen-bond acceptors (Lipinski definition) is 3. The average molecular weight is 432 g/mol. The van der Waals surface area contributed by atoms with Crippen molar-refractivity contribution in [3.05, 3.63) is 58.2 Å². The minimum atomic E-state index is 0.737. The lowest BCUT2D eigenvalue weighted by atomic mass is 10.1. The highest BCUT2D eigenvalue weighted by atomic mass is 79.9. The van der Waals surface area contributed by atoms with E-state index in [4.69, 9.17) is 11.6 Å². The van der Waals surface area contributed by atoms with Gasteiger partial charge in [0.25, 0.3) is 0 Å². The SMILES string of the molecule is Cn1ncc(Br)c1-c1cc(Nc2ccc(Cl)cc2)cc(N2CCCC2)c1. The van der Waals surface area contributed by atoms with Crippen LogP contribution in [-0.2, 0) is 7.05 Å². The molecule has 134 valence electrons. The number of benzene rings is 2. The molecule has 1 fully saturated rings. The zero-order valence-electron chi connectivity index (χ0n) is 14.5. The molecule has 0 spiro atoms. The van der Waals surface area contributed by atoms with Crippen molar-refractivity contribution in [1.29, 1.82) is 0 Å². The van der Waals surface area contributed by atoms with Gasteiger partial charge in [0.05, 0.1) is 16.4 Å². The summed E-state index contributed by atoms with van der Waals surface area (Å²) in [7, 11) is 1.97. The van der Waals surface area contributed by atoms with Crippen LogP contribution < -0.4 is 10.2 Å². The quantitative estimate of drug-likeness (QED) is 0.563. The summed E-state index contributed by atoms with van der Waals surface area (Å²) in [5.41, 5.74) is 5.52. The molecule has 0 saturated carbocycles. The number of aromatic nitrogens is 2. The van der Waals surface area contributed by atoms with Gasteiger partial charge < -0.3 is 10.2 Å². The Morgan fingerprint density at radius 3 is 2.42 bits per heavy atom. The molecule has 1 N–H and O–H groups in total. The molecule has 1 aliphatic heterocycles. The number of halogens is 2. The zero-order valence-corrected chi connectivity index (χ0v) is 16.9. The molecule has 1 aliphatic rings. The molecular formula is C20H20BrClN4. The Balaban J connectivity index is 1.76. The molecule has 0 amide bonds. The van der Waals surface area contributed by atoms with Crippen molar-refractivity contribution < 1.29 is 0 Å². The first-order valence-electron chi connectivity index (χ1n) is 8.71. The molecule has 3 aromatic rings. The number of nitrogens with zero attached hydrogens (tertiary/aromatic N) is 3. The highest BCUT2D eigenvalue weighted by molar-refractivity contribution is 9.10. The Kier molecular flexibility index (Phi) is 4.92. The Hall–Kier alpha value is -1.98. The van der Waals surface area contributed by atoms with Gasteiger partial charge in [-0.2, -0.15) is 5.10 Å². The number of nitrogens with one attached hydrogen (secondary N) is 1. The van der Waals surface area contributed by atoms with Crippen LogP contribution >= 0.6 is 27.5 Å². The Labute approximate surface area is 166 Å². The maximum Gasteiger partial charge on any atom is 0.0822 e. The van der Waals surface area contributed by atoms with Crippen molar-refractivity contribution in [1.82, 2.24) is 9.78 Å². The van der Waals surface area contributed by atoms with Crippen LogP contribution in [0.2, 0.25) is 5.02 Å². The summed E-state index contributed by atoms with van der Waals surface area (Å²) in [5.74, 6) is 0. The number of anilines is 3. The molecule has 1 aromatic heterocycles. The number of hydrogen-bond donors (Lipinski definition) is 1. The van der Waals surface area contributed by atoms with Crippen molar-refractivity contribution >= 4 is 44.6 Å². The molecule has 26 heavy (non-hydrogen) atoms. The van der Waals surface area contributed by atoms with E-state index in [1.807, 2.05) is 42.2 Å². The smallest absolute Gasteiger partial charge is 0.0822 e. The van der Waals surface area contributed by atoms with Gasteiger partial charge in [-0.15, -0.1) is 0 Å². The second-order valence-corrected chi connectivity index (χ2v) is 7.85. The summed E-state index contributed by atoms with van der Waals surface area (Å²) >= 11 is 9.63. The molecule has 0 unspecified atom stereocenters. The lowest BCUT2D eigenvalue weighted by Gasteiger charge is -2.21. The fourth-order valence-corrected chi connectivity index (χ4v) is 4.12. The Morgan fingerprint density at radius 1 is 1.04 bits per heavy atom. The molecule has 2 aromatic carbocycles. The van der Waals surface area contributed by atoms with Crippen LogP contribution in [0.3, 0.4) is 0 Å². The van der Waals surface area contributed by atoms with Crippen LogP contribution in [0.25, 0.3) is 11.3 Å².